The standard InChI is InChI=1S/C15H13N3OS2/c19-14(11-3-1-5-16-10-11)18-13(15-17-6-8-21-15)9-12-4-2-7-20-12/h1-8,10,13H,9H2,(H,18,19)/t13-/m1/s1. The number of thiazole rings is 1. The third kappa shape index (κ3) is 3.53. The minimum absolute atomic E-state index is 0.114. The van der Waals surface area contributed by atoms with Crippen LogP contribution in [0.2, 0.25) is 0 Å². The van der Waals surface area contributed by atoms with E-state index in [2.05, 4.69) is 21.4 Å². The fourth-order valence-electron chi connectivity index (χ4n) is 1.98. The highest BCUT2D eigenvalue weighted by Gasteiger charge is 2.19. The van der Waals surface area contributed by atoms with Gasteiger partial charge in [0, 0.05) is 35.3 Å². The van der Waals surface area contributed by atoms with Gasteiger partial charge in [0.05, 0.1) is 11.6 Å². The molecule has 0 saturated heterocycles. The fraction of sp³-hybridized carbons (Fsp3) is 0.133. The summed E-state index contributed by atoms with van der Waals surface area (Å²) in [5.41, 5.74) is 0.560. The molecule has 3 aromatic heterocycles. The lowest BCUT2D eigenvalue weighted by molar-refractivity contribution is 0.0936. The molecule has 6 heteroatoms. The van der Waals surface area contributed by atoms with Crippen LogP contribution in [0.15, 0.2) is 53.6 Å². The smallest absolute Gasteiger partial charge is 0.253 e. The van der Waals surface area contributed by atoms with Crippen LogP contribution in [0.5, 0.6) is 0 Å². The van der Waals surface area contributed by atoms with Crippen LogP contribution in [-0.2, 0) is 6.42 Å². The molecule has 3 aromatic rings. The lowest BCUT2D eigenvalue weighted by Gasteiger charge is -2.15. The second-order valence-electron chi connectivity index (χ2n) is 4.42. The summed E-state index contributed by atoms with van der Waals surface area (Å²) in [7, 11) is 0. The summed E-state index contributed by atoms with van der Waals surface area (Å²) < 4.78 is 0. The number of pyridine rings is 1. The number of carbonyl (C=O) groups excluding carboxylic acids is 1. The summed E-state index contributed by atoms with van der Waals surface area (Å²) in [6, 6.07) is 7.49. The molecule has 4 nitrogen and oxygen atoms in total. The van der Waals surface area contributed by atoms with Crippen LogP contribution in [0.3, 0.4) is 0 Å². The highest BCUT2D eigenvalue weighted by Crippen LogP contribution is 2.23. The summed E-state index contributed by atoms with van der Waals surface area (Å²) in [5.74, 6) is -0.125. The van der Waals surface area contributed by atoms with Crippen LogP contribution in [-0.4, -0.2) is 15.9 Å². The van der Waals surface area contributed by atoms with E-state index in [0.29, 0.717) is 5.56 Å². The number of amides is 1. The van der Waals surface area contributed by atoms with Gasteiger partial charge in [0.25, 0.3) is 5.91 Å². The van der Waals surface area contributed by atoms with Crippen LogP contribution < -0.4 is 5.32 Å². The van der Waals surface area contributed by atoms with Crippen molar-refractivity contribution >= 4 is 28.6 Å². The predicted molar refractivity (Wildman–Crippen MR) is 84.6 cm³/mol. The molecule has 3 heterocycles. The molecule has 3 rings (SSSR count). The largest absolute Gasteiger partial charge is 0.342 e. The monoisotopic (exact) mass is 315 g/mol. The van der Waals surface area contributed by atoms with Crippen molar-refractivity contribution in [2.24, 2.45) is 0 Å². The van der Waals surface area contributed by atoms with E-state index in [-0.39, 0.29) is 11.9 Å². The molecule has 0 aliphatic rings. The van der Waals surface area contributed by atoms with Crippen molar-refractivity contribution in [1.82, 2.24) is 15.3 Å². The van der Waals surface area contributed by atoms with E-state index in [0.717, 1.165) is 11.4 Å². The van der Waals surface area contributed by atoms with Gasteiger partial charge in [-0.2, -0.15) is 0 Å². The van der Waals surface area contributed by atoms with Gasteiger partial charge in [-0.15, -0.1) is 22.7 Å². The minimum Gasteiger partial charge on any atom is -0.342 e. The van der Waals surface area contributed by atoms with Crippen LogP contribution in [0.1, 0.15) is 26.3 Å². The van der Waals surface area contributed by atoms with Crippen molar-refractivity contribution in [3.63, 3.8) is 0 Å². The average Bonchev–Trinajstić information content (AvgIpc) is 3.21. The lowest BCUT2D eigenvalue weighted by Crippen LogP contribution is -2.29. The topological polar surface area (TPSA) is 54.9 Å². The normalized spacial score (nSPS) is 12.0. The maximum Gasteiger partial charge on any atom is 0.253 e. The van der Waals surface area contributed by atoms with Gasteiger partial charge in [-0.1, -0.05) is 6.07 Å². The van der Waals surface area contributed by atoms with Gasteiger partial charge < -0.3 is 5.32 Å². The molecule has 1 amide bonds. The first-order chi connectivity index (χ1) is 10.3. The van der Waals surface area contributed by atoms with E-state index >= 15 is 0 Å². The highest BCUT2D eigenvalue weighted by molar-refractivity contribution is 7.10. The van der Waals surface area contributed by atoms with Crippen LogP contribution in [0.4, 0.5) is 0 Å². The van der Waals surface area contributed by atoms with Crippen LogP contribution >= 0.6 is 22.7 Å². The summed E-state index contributed by atoms with van der Waals surface area (Å²) in [5, 5.41) is 7.93. The summed E-state index contributed by atoms with van der Waals surface area (Å²) >= 11 is 3.24. The second-order valence-corrected chi connectivity index (χ2v) is 6.38. The molecule has 0 radical (unpaired) electrons. The van der Waals surface area contributed by atoms with Gasteiger partial charge in [-0.05, 0) is 23.6 Å². The zero-order chi connectivity index (χ0) is 14.5. The summed E-state index contributed by atoms with van der Waals surface area (Å²) in [6.07, 6.45) is 5.73. The molecule has 0 unspecified atom stereocenters. The number of nitrogens with zero attached hydrogens (tertiary/aromatic N) is 2. The van der Waals surface area contributed by atoms with E-state index < -0.39 is 0 Å². The van der Waals surface area contributed by atoms with Crippen molar-refractivity contribution in [3.8, 4) is 0 Å². The van der Waals surface area contributed by atoms with E-state index in [4.69, 9.17) is 0 Å². The molecule has 0 aromatic carbocycles. The number of thiophene rings is 1. The maximum atomic E-state index is 12.3. The lowest BCUT2D eigenvalue weighted by atomic mass is 10.1. The average molecular weight is 315 g/mol. The van der Waals surface area contributed by atoms with Crippen molar-refractivity contribution in [2.45, 2.75) is 12.5 Å². The first kappa shape index (κ1) is 13.9. The van der Waals surface area contributed by atoms with Gasteiger partial charge in [0.15, 0.2) is 0 Å². The molecule has 0 spiro atoms. The maximum absolute atomic E-state index is 12.3. The highest BCUT2D eigenvalue weighted by atomic mass is 32.1. The van der Waals surface area contributed by atoms with Crippen molar-refractivity contribution in [1.29, 1.82) is 0 Å². The first-order valence-electron chi connectivity index (χ1n) is 6.45. The molecule has 106 valence electrons. The van der Waals surface area contributed by atoms with Crippen molar-refractivity contribution < 1.29 is 4.79 Å². The first-order valence-corrected chi connectivity index (χ1v) is 8.21. The third-order valence-electron chi connectivity index (χ3n) is 2.96. The Labute approximate surface area is 130 Å². The molecule has 0 bridgehead atoms. The molecule has 21 heavy (non-hydrogen) atoms. The SMILES string of the molecule is O=C(N[C@H](Cc1cccs1)c1nccs1)c1cccnc1. The Morgan fingerprint density at radius 2 is 2.14 bits per heavy atom. The quantitative estimate of drug-likeness (QED) is 0.786. The van der Waals surface area contributed by atoms with Crippen molar-refractivity contribution in [2.75, 3.05) is 0 Å². The number of hydrogen-bond donors (Lipinski definition) is 1. The van der Waals surface area contributed by atoms with Gasteiger partial charge in [-0.25, -0.2) is 4.98 Å². The Kier molecular flexibility index (Phi) is 4.37. The molecule has 1 atom stereocenters. The van der Waals surface area contributed by atoms with E-state index in [1.807, 2.05) is 16.8 Å². The Morgan fingerprint density at radius 1 is 1.19 bits per heavy atom. The number of hydrogen-bond acceptors (Lipinski definition) is 5. The second kappa shape index (κ2) is 6.60. The Morgan fingerprint density at radius 3 is 2.81 bits per heavy atom. The number of nitrogens with one attached hydrogen (secondary N) is 1. The van der Waals surface area contributed by atoms with Crippen LogP contribution in [0, 0.1) is 0 Å². The van der Waals surface area contributed by atoms with Gasteiger partial charge in [0.1, 0.15) is 5.01 Å². The Balaban J connectivity index is 1.78. The zero-order valence-electron chi connectivity index (χ0n) is 11.1. The summed E-state index contributed by atoms with van der Waals surface area (Å²) in [4.78, 5) is 21.8. The Hall–Kier alpha value is -2.05. The summed E-state index contributed by atoms with van der Waals surface area (Å²) in [6.45, 7) is 0. The van der Waals surface area contributed by atoms with Gasteiger partial charge in [0.2, 0.25) is 0 Å². The number of rotatable bonds is 5. The Bertz CT molecular complexity index is 681. The predicted octanol–water partition coefficient (Wildman–Crippen LogP) is 3.31. The molecular weight excluding hydrogens is 302 g/mol. The van der Waals surface area contributed by atoms with Gasteiger partial charge >= 0.3 is 0 Å². The zero-order valence-corrected chi connectivity index (χ0v) is 12.7. The van der Waals surface area contributed by atoms with Gasteiger partial charge in [-0.3, -0.25) is 9.78 Å². The molecule has 0 saturated carbocycles. The molecule has 0 aliphatic heterocycles. The molecular formula is C15H13N3OS2. The third-order valence-corrected chi connectivity index (χ3v) is 4.75. The van der Waals surface area contributed by atoms with Crippen LogP contribution in [0.25, 0.3) is 0 Å². The molecule has 0 fully saturated rings. The fourth-order valence-corrected chi connectivity index (χ4v) is 3.42. The number of aromatic nitrogens is 2. The van der Waals surface area contributed by atoms with E-state index in [1.54, 1.807) is 53.4 Å². The number of carbonyl (C=O) groups is 1. The molecule has 1 N–H and O–H groups in total. The minimum atomic E-state index is -0.125. The van der Waals surface area contributed by atoms with E-state index in [1.165, 1.54) is 4.88 Å². The van der Waals surface area contributed by atoms with Crippen molar-refractivity contribution in [3.05, 3.63) is 69.1 Å². The molecule has 0 aliphatic carbocycles. The van der Waals surface area contributed by atoms with E-state index in [9.17, 15) is 4.79 Å².